The molecule has 5 rings (SSSR count). The quantitative estimate of drug-likeness (QED) is 0.139. The molecule has 3 heterocycles. The third kappa shape index (κ3) is 5.94. The third-order valence-corrected chi connectivity index (χ3v) is 7.73. The lowest BCUT2D eigenvalue weighted by Crippen LogP contribution is -2.60. The number of rotatable bonds is 8. The summed E-state index contributed by atoms with van der Waals surface area (Å²) in [6.07, 6.45) is -18.4. The van der Waals surface area contributed by atoms with E-state index in [1.807, 2.05) is 0 Å². The number of Topliss-reactive ketones (excluding diaryl/α,β-unsaturated/α-hetero) is 1. The van der Waals surface area contributed by atoms with Gasteiger partial charge in [-0.3, -0.25) is 4.79 Å². The van der Waals surface area contributed by atoms with Crippen molar-refractivity contribution >= 4 is 5.78 Å². The van der Waals surface area contributed by atoms with Gasteiger partial charge in [-0.1, -0.05) is 12.1 Å². The minimum atomic E-state index is -1.77. The number of ether oxygens (including phenoxy) is 6. The Bertz CT molecular complexity index is 1300. The molecule has 0 aromatic heterocycles. The van der Waals surface area contributed by atoms with Crippen LogP contribution in [0.25, 0.3) is 0 Å². The van der Waals surface area contributed by atoms with Crippen molar-refractivity contribution in [1.29, 1.82) is 0 Å². The first-order valence-electron chi connectivity index (χ1n) is 13.6. The second-order valence-corrected chi connectivity index (χ2v) is 10.5. The predicted octanol–water partition coefficient (Wildman–Crippen LogP) is -3.27. The molecule has 2 saturated heterocycles. The summed E-state index contributed by atoms with van der Waals surface area (Å²) >= 11 is 0. The summed E-state index contributed by atoms with van der Waals surface area (Å²) in [6, 6.07) is 8.44. The molecule has 3 aliphatic rings. The molecule has 2 aromatic carbocycles. The molecule has 0 radical (unpaired) electrons. The normalized spacial score (nSPS) is 37.1. The van der Waals surface area contributed by atoms with E-state index in [0.29, 0.717) is 5.56 Å². The topological polar surface area (TPSA) is 255 Å². The molecule has 44 heavy (non-hydrogen) atoms. The number of hydrogen-bond donors (Lipinski definition) is 9. The van der Waals surface area contributed by atoms with Crippen LogP contribution in [0.4, 0.5) is 0 Å². The Balaban J connectivity index is 1.36. The molecule has 0 saturated carbocycles. The van der Waals surface area contributed by atoms with Crippen LogP contribution in [0.5, 0.6) is 23.0 Å². The molecule has 0 amide bonds. The van der Waals surface area contributed by atoms with Gasteiger partial charge in [0.25, 0.3) is 0 Å². The van der Waals surface area contributed by atoms with E-state index in [0.717, 1.165) is 0 Å². The van der Waals surface area contributed by atoms with E-state index in [1.54, 1.807) is 0 Å². The highest BCUT2D eigenvalue weighted by Crippen LogP contribution is 2.43. The molecule has 242 valence electrons. The van der Waals surface area contributed by atoms with E-state index < -0.39 is 92.6 Å². The summed E-state index contributed by atoms with van der Waals surface area (Å²) in [5, 5.41) is 90.6. The maximum absolute atomic E-state index is 13.4. The predicted molar refractivity (Wildman–Crippen MR) is 142 cm³/mol. The zero-order valence-electron chi connectivity index (χ0n) is 23.2. The van der Waals surface area contributed by atoms with Gasteiger partial charge in [0.2, 0.25) is 18.4 Å². The Morgan fingerprint density at radius 1 is 0.705 bits per heavy atom. The van der Waals surface area contributed by atoms with Crippen molar-refractivity contribution in [2.75, 3.05) is 20.3 Å². The van der Waals surface area contributed by atoms with Crippen LogP contribution in [0.2, 0.25) is 0 Å². The number of hydrogen-bond acceptors (Lipinski definition) is 16. The molecule has 12 atom stereocenters. The van der Waals surface area contributed by atoms with Crippen LogP contribution in [0.15, 0.2) is 36.4 Å². The maximum atomic E-state index is 13.4. The number of aliphatic hydroxyl groups excluding tert-OH is 9. The maximum Gasteiger partial charge on any atom is 0.229 e. The average Bonchev–Trinajstić information content (AvgIpc) is 3.03. The van der Waals surface area contributed by atoms with Crippen molar-refractivity contribution in [3.05, 3.63) is 47.5 Å². The first-order chi connectivity index (χ1) is 21.0. The molecular formula is C28H34O16. The van der Waals surface area contributed by atoms with Crippen LogP contribution in [0.1, 0.15) is 22.0 Å². The molecule has 16 heteroatoms. The number of benzene rings is 2. The zero-order chi connectivity index (χ0) is 31.9. The molecule has 2 aromatic rings. The molecule has 0 aliphatic carbocycles. The number of methoxy groups -OCH3 is 1. The number of aliphatic hydroxyl groups is 9. The van der Waals surface area contributed by atoms with Crippen LogP contribution in [0.3, 0.4) is 0 Å². The Kier molecular flexibility index (Phi) is 9.59. The zero-order valence-corrected chi connectivity index (χ0v) is 23.2. The minimum Gasteiger partial charge on any atom is -0.496 e. The second kappa shape index (κ2) is 13.1. The van der Waals surface area contributed by atoms with E-state index in [2.05, 4.69) is 0 Å². The van der Waals surface area contributed by atoms with Crippen molar-refractivity contribution in [3.63, 3.8) is 0 Å². The van der Waals surface area contributed by atoms with Crippen molar-refractivity contribution in [2.45, 2.75) is 73.6 Å². The Morgan fingerprint density at radius 3 is 1.77 bits per heavy atom. The largest absolute Gasteiger partial charge is 0.496 e. The molecular weight excluding hydrogens is 592 g/mol. The SMILES string of the molecule is COc1cc(O[C@@H]2O[C@@H](CO)[C@@H](O)[C@H](O)[C@H]2O)c2c(c1)O[C@H](c1ccc(O[C@@H]3O[C@H](CO)[C@@H](O)[C@H](O)[C@H]3O)cc1)[C@H](O)C2=O. The van der Waals surface area contributed by atoms with Crippen LogP contribution < -0.4 is 18.9 Å². The molecule has 16 nitrogen and oxygen atoms in total. The van der Waals surface area contributed by atoms with Gasteiger partial charge < -0.3 is 74.4 Å². The fourth-order valence-electron chi connectivity index (χ4n) is 5.17. The van der Waals surface area contributed by atoms with Crippen LogP contribution in [-0.4, -0.2) is 140 Å². The summed E-state index contributed by atoms with van der Waals surface area (Å²) in [4.78, 5) is 13.4. The Morgan fingerprint density at radius 2 is 1.25 bits per heavy atom. The second-order valence-electron chi connectivity index (χ2n) is 10.5. The highest BCUT2D eigenvalue weighted by Gasteiger charge is 2.47. The van der Waals surface area contributed by atoms with Gasteiger partial charge in [0, 0.05) is 12.1 Å². The summed E-state index contributed by atoms with van der Waals surface area (Å²) in [5.74, 6) is -0.790. The lowest BCUT2D eigenvalue weighted by molar-refractivity contribution is -0.277. The average molecular weight is 627 g/mol. The number of carbonyl (C=O) groups is 1. The molecule has 0 spiro atoms. The lowest BCUT2D eigenvalue weighted by atomic mass is 9.92. The molecule has 0 unspecified atom stereocenters. The molecule has 9 N–H and O–H groups in total. The van der Waals surface area contributed by atoms with Crippen LogP contribution in [0, 0.1) is 0 Å². The number of fused-ring (bicyclic) bond motifs is 1. The Labute approximate surface area is 249 Å². The fraction of sp³-hybridized carbons (Fsp3) is 0.536. The van der Waals surface area contributed by atoms with Gasteiger partial charge in [-0.25, -0.2) is 0 Å². The van der Waals surface area contributed by atoms with Gasteiger partial charge in [-0.05, 0) is 17.7 Å². The van der Waals surface area contributed by atoms with Crippen molar-refractivity contribution in [3.8, 4) is 23.0 Å². The van der Waals surface area contributed by atoms with Crippen molar-refractivity contribution in [2.24, 2.45) is 0 Å². The third-order valence-electron chi connectivity index (χ3n) is 7.73. The number of ketones is 1. The van der Waals surface area contributed by atoms with E-state index in [4.69, 9.17) is 28.4 Å². The molecule has 3 aliphatic heterocycles. The van der Waals surface area contributed by atoms with Gasteiger partial charge in [-0.2, -0.15) is 0 Å². The van der Waals surface area contributed by atoms with Crippen LogP contribution in [-0.2, 0) is 9.47 Å². The van der Waals surface area contributed by atoms with Gasteiger partial charge in [0.05, 0.1) is 20.3 Å². The first-order valence-corrected chi connectivity index (χ1v) is 13.6. The molecule has 0 bridgehead atoms. The summed E-state index contributed by atoms with van der Waals surface area (Å²) < 4.78 is 33.3. The smallest absolute Gasteiger partial charge is 0.229 e. The summed E-state index contributed by atoms with van der Waals surface area (Å²) in [5.41, 5.74) is 0.117. The van der Waals surface area contributed by atoms with Crippen LogP contribution >= 0.6 is 0 Å². The number of carbonyl (C=O) groups excluding carboxylic acids is 1. The standard InChI is InChI=1S/C28H34O16/c1-39-12-6-13-17(14(7-12)42-28-25(38)22(35)19(32)16(9-30)44-28)20(33)23(36)26(41-13)10-2-4-11(5-3-10)40-27-24(37)21(34)18(31)15(8-29)43-27/h2-7,15-16,18-19,21-32,34-38H,8-9H2,1H3/t15-,16+,18-,19-,21+,22+,23-,24-,25-,26-,27-,28-/m1/s1. The van der Waals surface area contributed by atoms with E-state index in [-0.39, 0.29) is 28.6 Å². The lowest BCUT2D eigenvalue weighted by Gasteiger charge is -2.40. The highest BCUT2D eigenvalue weighted by atomic mass is 16.7. The first kappa shape index (κ1) is 32.3. The van der Waals surface area contributed by atoms with Gasteiger partial charge in [0.15, 0.2) is 12.2 Å². The minimum absolute atomic E-state index is 0.0501. The van der Waals surface area contributed by atoms with Crippen molar-refractivity contribution in [1.82, 2.24) is 0 Å². The highest BCUT2D eigenvalue weighted by molar-refractivity contribution is 6.05. The van der Waals surface area contributed by atoms with Gasteiger partial charge in [-0.15, -0.1) is 0 Å². The van der Waals surface area contributed by atoms with E-state index in [9.17, 15) is 50.8 Å². The fourth-order valence-corrected chi connectivity index (χ4v) is 5.17. The van der Waals surface area contributed by atoms with E-state index in [1.165, 1.54) is 43.5 Å². The van der Waals surface area contributed by atoms with Gasteiger partial charge in [0.1, 0.15) is 77.4 Å². The molecule has 2 fully saturated rings. The summed E-state index contributed by atoms with van der Waals surface area (Å²) in [7, 11) is 1.34. The van der Waals surface area contributed by atoms with Gasteiger partial charge >= 0.3 is 0 Å². The Hall–Kier alpha value is -3.13. The van der Waals surface area contributed by atoms with E-state index >= 15 is 0 Å². The monoisotopic (exact) mass is 626 g/mol. The van der Waals surface area contributed by atoms with Crippen molar-refractivity contribution < 1.29 is 79.2 Å². The summed E-state index contributed by atoms with van der Waals surface area (Å²) in [6.45, 7) is -1.33.